The predicted octanol–water partition coefficient (Wildman–Crippen LogP) is 1.95. The van der Waals surface area contributed by atoms with Crippen LogP contribution in [0, 0.1) is 0 Å². The SMILES string of the molecule is O=C(/C=C/c1ccccc1)NCCNC(=O)c1cccc(O)c1. The molecule has 0 radical (unpaired) electrons. The number of benzene rings is 2. The van der Waals surface area contributed by atoms with Gasteiger partial charge in [0.25, 0.3) is 5.91 Å². The molecule has 3 N–H and O–H groups in total. The minimum Gasteiger partial charge on any atom is -0.508 e. The number of hydrogen-bond acceptors (Lipinski definition) is 3. The third-order valence-corrected chi connectivity index (χ3v) is 3.04. The Balaban J connectivity index is 1.70. The zero-order chi connectivity index (χ0) is 16.5. The molecule has 0 spiro atoms. The van der Waals surface area contributed by atoms with E-state index in [-0.39, 0.29) is 17.6 Å². The van der Waals surface area contributed by atoms with Crippen molar-refractivity contribution in [3.63, 3.8) is 0 Å². The maximum absolute atomic E-state index is 11.8. The van der Waals surface area contributed by atoms with Crippen LogP contribution in [-0.4, -0.2) is 30.0 Å². The molecule has 0 aliphatic rings. The molecule has 0 aliphatic heterocycles. The molecule has 23 heavy (non-hydrogen) atoms. The smallest absolute Gasteiger partial charge is 0.251 e. The van der Waals surface area contributed by atoms with Gasteiger partial charge in [0.1, 0.15) is 5.75 Å². The molecule has 0 aliphatic carbocycles. The number of amides is 2. The third kappa shape index (κ3) is 5.67. The fourth-order valence-electron chi connectivity index (χ4n) is 1.91. The molecule has 5 nitrogen and oxygen atoms in total. The lowest BCUT2D eigenvalue weighted by atomic mass is 10.2. The second-order valence-electron chi connectivity index (χ2n) is 4.84. The number of carbonyl (C=O) groups is 2. The summed E-state index contributed by atoms with van der Waals surface area (Å²) in [5.74, 6) is -0.479. The summed E-state index contributed by atoms with van der Waals surface area (Å²) in [6.07, 6.45) is 3.17. The van der Waals surface area contributed by atoms with Crippen molar-refractivity contribution >= 4 is 17.9 Å². The van der Waals surface area contributed by atoms with Crippen molar-refractivity contribution in [3.05, 3.63) is 71.8 Å². The summed E-state index contributed by atoms with van der Waals surface area (Å²) < 4.78 is 0. The standard InChI is InChI=1S/C18H18N2O3/c21-16-8-4-7-15(13-16)18(23)20-12-11-19-17(22)10-9-14-5-2-1-3-6-14/h1-10,13,21H,11-12H2,(H,19,22)(H,20,23)/b10-9+. The van der Waals surface area contributed by atoms with Crippen molar-refractivity contribution in [2.45, 2.75) is 0 Å². The van der Waals surface area contributed by atoms with Crippen LogP contribution in [0.3, 0.4) is 0 Å². The molecule has 118 valence electrons. The minimum absolute atomic E-state index is 0.0389. The maximum Gasteiger partial charge on any atom is 0.251 e. The van der Waals surface area contributed by atoms with E-state index in [0.29, 0.717) is 18.7 Å². The topological polar surface area (TPSA) is 78.4 Å². The Morgan fingerprint density at radius 3 is 2.43 bits per heavy atom. The Kier molecular flexibility index (Phi) is 5.94. The van der Waals surface area contributed by atoms with Crippen molar-refractivity contribution in [1.29, 1.82) is 0 Å². The Morgan fingerprint density at radius 1 is 0.957 bits per heavy atom. The van der Waals surface area contributed by atoms with Gasteiger partial charge in [0.2, 0.25) is 5.91 Å². The summed E-state index contributed by atoms with van der Waals surface area (Å²) in [6, 6.07) is 15.6. The van der Waals surface area contributed by atoms with E-state index in [1.807, 2.05) is 30.3 Å². The predicted molar refractivity (Wildman–Crippen MR) is 88.9 cm³/mol. The van der Waals surface area contributed by atoms with Gasteiger partial charge in [-0.15, -0.1) is 0 Å². The number of rotatable bonds is 6. The molecule has 0 aromatic heterocycles. The molecule has 2 aromatic rings. The summed E-state index contributed by atoms with van der Waals surface area (Å²) in [5.41, 5.74) is 1.32. The molecule has 0 saturated heterocycles. The van der Waals surface area contributed by atoms with Gasteiger partial charge in [-0.1, -0.05) is 36.4 Å². The van der Waals surface area contributed by atoms with Crippen LogP contribution in [0.5, 0.6) is 5.75 Å². The van der Waals surface area contributed by atoms with Crippen LogP contribution >= 0.6 is 0 Å². The Hall–Kier alpha value is -3.08. The Morgan fingerprint density at radius 2 is 1.70 bits per heavy atom. The van der Waals surface area contributed by atoms with E-state index in [1.165, 1.54) is 18.2 Å². The minimum atomic E-state index is -0.296. The number of nitrogens with one attached hydrogen (secondary N) is 2. The van der Waals surface area contributed by atoms with Gasteiger partial charge in [-0.2, -0.15) is 0 Å². The lowest BCUT2D eigenvalue weighted by Gasteiger charge is -2.06. The quantitative estimate of drug-likeness (QED) is 0.564. The van der Waals surface area contributed by atoms with Gasteiger partial charge in [-0.25, -0.2) is 0 Å². The molecule has 5 heteroatoms. The van der Waals surface area contributed by atoms with Gasteiger partial charge in [0.05, 0.1) is 0 Å². The lowest BCUT2D eigenvalue weighted by molar-refractivity contribution is -0.116. The van der Waals surface area contributed by atoms with E-state index in [9.17, 15) is 14.7 Å². The van der Waals surface area contributed by atoms with Crippen molar-refractivity contribution in [2.75, 3.05) is 13.1 Å². The number of phenolic OH excluding ortho intramolecular Hbond substituents is 1. The molecule has 0 bridgehead atoms. The largest absolute Gasteiger partial charge is 0.508 e. The molecule has 0 atom stereocenters. The number of aromatic hydroxyl groups is 1. The molecule has 0 saturated carbocycles. The third-order valence-electron chi connectivity index (χ3n) is 3.04. The highest BCUT2D eigenvalue weighted by molar-refractivity contribution is 5.94. The van der Waals surface area contributed by atoms with Crippen molar-refractivity contribution in [2.24, 2.45) is 0 Å². The van der Waals surface area contributed by atoms with Crippen molar-refractivity contribution in [3.8, 4) is 5.75 Å². The normalized spacial score (nSPS) is 10.4. The van der Waals surface area contributed by atoms with Gasteiger partial charge < -0.3 is 15.7 Å². The first kappa shape index (κ1) is 16.3. The van der Waals surface area contributed by atoms with E-state index in [4.69, 9.17) is 0 Å². The van der Waals surface area contributed by atoms with E-state index in [2.05, 4.69) is 10.6 Å². The second kappa shape index (κ2) is 8.38. The highest BCUT2D eigenvalue weighted by Crippen LogP contribution is 2.10. The fraction of sp³-hybridized carbons (Fsp3) is 0.111. The van der Waals surface area contributed by atoms with E-state index in [1.54, 1.807) is 18.2 Å². The molecule has 0 fully saturated rings. The van der Waals surface area contributed by atoms with Gasteiger partial charge in [-0.3, -0.25) is 9.59 Å². The Bertz CT molecular complexity index is 696. The van der Waals surface area contributed by atoms with Gasteiger partial charge in [-0.05, 0) is 29.8 Å². The molecule has 2 rings (SSSR count). The highest BCUT2D eigenvalue weighted by atomic mass is 16.3. The zero-order valence-corrected chi connectivity index (χ0v) is 12.5. The summed E-state index contributed by atoms with van der Waals surface area (Å²) >= 11 is 0. The van der Waals surface area contributed by atoms with Gasteiger partial charge in [0, 0.05) is 24.7 Å². The summed E-state index contributed by atoms with van der Waals surface area (Å²) in [7, 11) is 0. The maximum atomic E-state index is 11.8. The summed E-state index contributed by atoms with van der Waals surface area (Å²) in [6.45, 7) is 0.627. The summed E-state index contributed by atoms with van der Waals surface area (Å²) in [5, 5.41) is 14.7. The van der Waals surface area contributed by atoms with E-state index < -0.39 is 0 Å². The molecule has 2 amide bonds. The van der Waals surface area contributed by atoms with Crippen LogP contribution in [0.2, 0.25) is 0 Å². The average molecular weight is 310 g/mol. The number of carbonyl (C=O) groups excluding carboxylic acids is 2. The van der Waals surface area contributed by atoms with E-state index >= 15 is 0 Å². The lowest BCUT2D eigenvalue weighted by Crippen LogP contribution is -2.33. The average Bonchev–Trinajstić information content (AvgIpc) is 2.57. The number of hydrogen-bond donors (Lipinski definition) is 3. The van der Waals surface area contributed by atoms with Crippen LogP contribution in [0.25, 0.3) is 6.08 Å². The van der Waals surface area contributed by atoms with Crippen molar-refractivity contribution in [1.82, 2.24) is 10.6 Å². The number of phenols is 1. The van der Waals surface area contributed by atoms with Crippen LogP contribution in [0.1, 0.15) is 15.9 Å². The van der Waals surface area contributed by atoms with Crippen LogP contribution in [-0.2, 0) is 4.79 Å². The van der Waals surface area contributed by atoms with Gasteiger partial charge >= 0.3 is 0 Å². The molecule has 0 unspecified atom stereocenters. The Labute approximate surface area is 134 Å². The molecular formula is C18H18N2O3. The first-order valence-corrected chi connectivity index (χ1v) is 7.23. The molecule has 2 aromatic carbocycles. The fourth-order valence-corrected chi connectivity index (χ4v) is 1.91. The summed E-state index contributed by atoms with van der Waals surface area (Å²) in [4.78, 5) is 23.4. The molecule has 0 heterocycles. The van der Waals surface area contributed by atoms with Crippen molar-refractivity contribution < 1.29 is 14.7 Å². The first-order valence-electron chi connectivity index (χ1n) is 7.23. The monoisotopic (exact) mass is 310 g/mol. The molecular weight excluding hydrogens is 292 g/mol. The van der Waals surface area contributed by atoms with Crippen LogP contribution < -0.4 is 10.6 Å². The second-order valence-corrected chi connectivity index (χ2v) is 4.84. The van der Waals surface area contributed by atoms with Crippen LogP contribution in [0.15, 0.2) is 60.7 Å². The zero-order valence-electron chi connectivity index (χ0n) is 12.5. The van der Waals surface area contributed by atoms with E-state index in [0.717, 1.165) is 5.56 Å². The highest BCUT2D eigenvalue weighted by Gasteiger charge is 2.05. The first-order chi connectivity index (χ1) is 11.1. The van der Waals surface area contributed by atoms with Gasteiger partial charge in [0.15, 0.2) is 0 Å². The van der Waals surface area contributed by atoms with Crippen LogP contribution in [0.4, 0.5) is 0 Å².